The first-order valence-corrected chi connectivity index (χ1v) is 8.40. The fourth-order valence-corrected chi connectivity index (χ4v) is 4.74. The summed E-state index contributed by atoms with van der Waals surface area (Å²) in [6, 6.07) is 0. The monoisotopic (exact) mass is 196 g/mol. The van der Waals surface area contributed by atoms with Gasteiger partial charge in [0.2, 0.25) is 0 Å². The lowest BCUT2D eigenvalue weighted by atomic mass is 9.87. The normalized spacial score (nSPS) is 28.8. The Kier molecular flexibility index (Phi) is 2.83. The van der Waals surface area contributed by atoms with Crippen LogP contribution < -0.4 is 0 Å². The molecule has 0 aliphatic heterocycles. The van der Waals surface area contributed by atoms with Crippen LogP contribution >= 0.6 is 0 Å². The van der Waals surface area contributed by atoms with Crippen LogP contribution in [0.3, 0.4) is 0 Å². The Morgan fingerprint density at radius 1 is 1.46 bits per heavy atom. The number of allylic oxidation sites excluding steroid dienone is 2. The molecular formula is C11H20OSi. The lowest BCUT2D eigenvalue weighted by molar-refractivity contribution is 0.214. The van der Waals surface area contributed by atoms with Gasteiger partial charge in [-0.2, -0.15) is 0 Å². The molecule has 0 aromatic carbocycles. The lowest BCUT2D eigenvalue weighted by Gasteiger charge is -2.37. The molecule has 2 heteroatoms. The van der Waals surface area contributed by atoms with Crippen LogP contribution in [-0.4, -0.2) is 19.8 Å². The smallest absolute Gasteiger partial charge is 0.0732 e. The average Bonchev–Trinajstić information content (AvgIpc) is 2.03. The second kappa shape index (κ2) is 3.43. The van der Waals surface area contributed by atoms with Crippen molar-refractivity contribution in [3.05, 3.63) is 23.4 Å². The van der Waals surface area contributed by atoms with Crippen molar-refractivity contribution in [1.29, 1.82) is 0 Å². The molecule has 1 N–H and O–H groups in total. The molecule has 1 aliphatic rings. The summed E-state index contributed by atoms with van der Waals surface area (Å²) in [7, 11) is -1.26. The van der Waals surface area contributed by atoms with E-state index in [-0.39, 0.29) is 12.0 Å². The molecule has 1 aliphatic carbocycles. The molecule has 0 saturated carbocycles. The van der Waals surface area contributed by atoms with E-state index >= 15 is 0 Å². The zero-order chi connectivity index (χ0) is 10.1. The Labute approximate surface area is 82.2 Å². The van der Waals surface area contributed by atoms with Crippen molar-refractivity contribution in [2.75, 3.05) is 6.61 Å². The Morgan fingerprint density at radius 2 is 2.08 bits per heavy atom. The number of hydrogen-bond acceptors (Lipinski definition) is 1. The average molecular weight is 196 g/mol. The van der Waals surface area contributed by atoms with Crippen molar-refractivity contribution in [3.63, 3.8) is 0 Å². The fourth-order valence-electron chi connectivity index (χ4n) is 2.14. The highest BCUT2D eigenvalue weighted by Crippen LogP contribution is 2.37. The molecule has 0 bridgehead atoms. The first-order valence-electron chi connectivity index (χ1n) is 4.90. The van der Waals surface area contributed by atoms with Gasteiger partial charge in [-0.1, -0.05) is 50.0 Å². The summed E-state index contributed by atoms with van der Waals surface area (Å²) in [5.41, 5.74) is -0.0806. The third kappa shape index (κ3) is 2.12. The molecule has 13 heavy (non-hydrogen) atoms. The van der Waals surface area contributed by atoms with Gasteiger partial charge in [0, 0.05) is 5.41 Å². The van der Waals surface area contributed by atoms with E-state index in [1.165, 1.54) is 5.20 Å². The van der Waals surface area contributed by atoms with Crippen LogP contribution in [0.15, 0.2) is 23.4 Å². The second-order valence-electron chi connectivity index (χ2n) is 5.08. The van der Waals surface area contributed by atoms with Crippen LogP contribution in [-0.2, 0) is 0 Å². The summed E-state index contributed by atoms with van der Waals surface area (Å²) >= 11 is 0. The SMILES string of the molecule is CC1(CO)C=CCC=C1[Si](C)(C)C. The second-order valence-corrected chi connectivity index (χ2v) is 10.1. The van der Waals surface area contributed by atoms with Crippen LogP contribution in [0.4, 0.5) is 0 Å². The first kappa shape index (κ1) is 10.7. The van der Waals surface area contributed by atoms with Crippen LogP contribution in [0.1, 0.15) is 13.3 Å². The number of aliphatic hydroxyl groups is 1. The van der Waals surface area contributed by atoms with Crippen molar-refractivity contribution >= 4 is 8.07 Å². The van der Waals surface area contributed by atoms with Crippen molar-refractivity contribution in [2.24, 2.45) is 5.41 Å². The van der Waals surface area contributed by atoms with Gasteiger partial charge in [0.05, 0.1) is 14.7 Å². The quantitative estimate of drug-likeness (QED) is 0.532. The molecule has 0 amide bonds. The molecule has 0 aromatic rings. The van der Waals surface area contributed by atoms with E-state index in [0.717, 1.165) is 6.42 Å². The van der Waals surface area contributed by atoms with E-state index in [4.69, 9.17) is 0 Å². The molecule has 1 rings (SSSR count). The van der Waals surface area contributed by atoms with Gasteiger partial charge in [0.15, 0.2) is 0 Å². The van der Waals surface area contributed by atoms with E-state index in [1.807, 2.05) is 0 Å². The molecule has 1 unspecified atom stereocenters. The van der Waals surface area contributed by atoms with Gasteiger partial charge in [0.1, 0.15) is 0 Å². The van der Waals surface area contributed by atoms with Gasteiger partial charge in [0.25, 0.3) is 0 Å². The summed E-state index contributed by atoms with van der Waals surface area (Å²) in [5, 5.41) is 10.9. The minimum Gasteiger partial charge on any atom is -0.395 e. The molecule has 0 heterocycles. The van der Waals surface area contributed by atoms with Crippen molar-refractivity contribution < 1.29 is 5.11 Å². The third-order valence-electron chi connectivity index (χ3n) is 2.70. The van der Waals surface area contributed by atoms with Gasteiger partial charge in [-0.3, -0.25) is 0 Å². The van der Waals surface area contributed by atoms with Gasteiger partial charge in [-0.05, 0) is 6.42 Å². The summed E-state index contributed by atoms with van der Waals surface area (Å²) in [5.74, 6) is 0. The zero-order valence-electron chi connectivity index (χ0n) is 9.09. The van der Waals surface area contributed by atoms with Crippen molar-refractivity contribution in [2.45, 2.75) is 33.0 Å². The maximum Gasteiger partial charge on any atom is 0.0732 e. The van der Waals surface area contributed by atoms with Crippen LogP contribution in [0, 0.1) is 5.41 Å². The largest absolute Gasteiger partial charge is 0.395 e. The summed E-state index contributed by atoms with van der Waals surface area (Å²) in [6.07, 6.45) is 7.66. The molecule has 0 saturated heterocycles. The van der Waals surface area contributed by atoms with Crippen LogP contribution in [0.25, 0.3) is 0 Å². The molecule has 0 spiro atoms. The number of hydrogen-bond donors (Lipinski definition) is 1. The summed E-state index contributed by atoms with van der Waals surface area (Å²) < 4.78 is 0. The van der Waals surface area contributed by atoms with Gasteiger partial charge in [-0.25, -0.2) is 0 Å². The first-order chi connectivity index (χ1) is 5.90. The van der Waals surface area contributed by atoms with Gasteiger partial charge in [-0.15, -0.1) is 0 Å². The zero-order valence-corrected chi connectivity index (χ0v) is 10.1. The van der Waals surface area contributed by atoms with E-state index in [2.05, 4.69) is 44.8 Å². The minimum atomic E-state index is -1.26. The Balaban J connectivity index is 3.02. The predicted octanol–water partition coefficient (Wildman–Crippen LogP) is 2.75. The third-order valence-corrected chi connectivity index (χ3v) is 5.09. The lowest BCUT2D eigenvalue weighted by Crippen LogP contribution is -2.37. The van der Waals surface area contributed by atoms with Gasteiger partial charge < -0.3 is 5.11 Å². The van der Waals surface area contributed by atoms with Crippen molar-refractivity contribution in [3.8, 4) is 0 Å². The molecule has 1 nitrogen and oxygen atoms in total. The molecular weight excluding hydrogens is 176 g/mol. The fraction of sp³-hybridized carbons (Fsp3) is 0.636. The molecule has 0 fully saturated rings. The minimum absolute atomic E-state index is 0.0806. The van der Waals surface area contributed by atoms with Crippen LogP contribution in [0.5, 0.6) is 0 Å². The highest BCUT2D eigenvalue weighted by Gasteiger charge is 2.34. The van der Waals surface area contributed by atoms with Crippen LogP contribution in [0.2, 0.25) is 19.6 Å². The highest BCUT2D eigenvalue weighted by atomic mass is 28.3. The van der Waals surface area contributed by atoms with E-state index < -0.39 is 8.07 Å². The summed E-state index contributed by atoms with van der Waals surface area (Å²) in [4.78, 5) is 0. The summed E-state index contributed by atoms with van der Waals surface area (Å²) in [6.45, 7) is 9.38. The Bertz CT molecular complexity index is 247. The Morgan fingerprint density at radius 3 is 2.46 bits per heavy atom. The van der Waals surface area contributed by atoms with Crippen molar-refractivity contribution in [1.82, 2.24) is 0 Å². The Hall–Kier alpha value is -0.343. The van der Waals surface area contributed by atoms with E-state index in [0.29, 0.717) is 0 Å². The number of aliphatic hydroxyl groups excluding tert-OH is 1. The molecule has 0 aromatic heterocycles. The maximum absolute atomic E-state index is 9.41. The highest BCUT2D eigenvalue weighted by molar-refractivity contribution is 6.83. The van der Waals surface area contributed by atoms with E-state index in [9.17, 15) is 5.11 Å². The topological polar surface area (TPSA) is 20.2 Å². The predicted molar refractivity (Wildman–Crippen MR) is 60.4 cm³/mol. The maximum atomic E-state index is 9.41. The van der Waals surface area contributed by atoms with Gasteiger partial charge >= 0.3 is 0 Å². The molecule has 1 atom stereocenters. The van der Waals surface area contributed by atoms with E-state index in [1.54, 1.807) is 0 Å². The molecule has 0 radical (unpaired) electrons. The standard InChI is InChI=1S/C11H20OSi/c1-11(9-12)8-6-5-7-10(11)13(2,3)4/h6-8,12H,5,9H2,1-4H3. The number of rotatable bonds is 2. The molecule has 74 valence electrons.